The number of pyridine rings is 1. The summed E-state index contributed by atoms with van der Waals surface area (Å²) in [7, 11) is 0. The second kappa shape index (κ2) is 4.97. The summed E-state index contributed by atoms with van der Waals surface area (Å²) in [6, 6.07) is 9.36. The molecule has 1 aromatic carbocycles. The molecule has 4 rings (SSSR count). The lowest BCUT2D eigenvalue weighted by Crippen LogP contribution is -2.13. The standard InChI is InChI=1S/C17H16FN3/c18-14-3-4-17-12(8-14)5-7-21(17)15-9-13(10-19-11-15)16-2-1-6-20-16/h3-5,7-11,16,20H,1-2,6H2/t16-/m0/s1. The van der Waals surface area contributed by atoms with Crippen molar-refractivity contribution in [1.82, 2.24) is 14.9 Å². The molecule has 4 heteroatoms. The van der Waals surface area contributed by atoms with Crippen LogP contribution in [0.15, 0.2) is 48.9 Å². The summed E-state index contributed by atoms with van der Waals surface area (Å²) in [6.45, 7) is 1.07. The molecule has 3 aromatic rings. The van der Waals surface area contributed by atoms with E-state index in [1.165, 1.54) is 18.1 Å². The molecule has 106 valence electrons. The van der Waals surface area contributed by atoms with Crippen LogP contribution in [0.2, 0.25) is 0 Å². The molecule has 1 aliphatic heterocycles. The smallest absolute Gasteiger partial charge is 0.123 e. The van der Waals surface area contributed by atoms with Crippen molar-refractivity contribution in [3.05, 3.63) is 60.3 Å². The van der Waals surface area contributed by atoms with Gasteiger partial charge in [-0.05, 0) is 55.3 Å². The van der Waals surface area contributed by atoms with Crippen LogP contribution in [0.3, 0.4) is 0 Å². The zero-order chi connectivity index (χ0) is 14.2. The van der Waals surface area contributed by atoms with E-state index in [0.717, 1.165) is 29.6 Å². The Kier molecular flexibility index (Phi) is 2.97. The molecule has 1 aliphatic rings. The Morgan fingerprint density at radius 1 is 1.19 bits per heavy atom. The molecule has 21 heavy (non-hydrogen) atoms. The number of aromatic nitrogens is 2. The van der Waals surface area contributed by atoms with E-state index in [2.05, 4.69) is 20.9 Å². The largest absolute Gasteiger partial charge is 0.315 e. The zero-order valence-corrected chi connectivity index (χ0v) is 11.6. The fourth-order valence-electron chi connectivity index (χ4n) is 3.07. The van der Waals surface area contributed by atoms with E-state index >= 15 is 0 Å². The predicted molar refractivity (Wildman–Crippen MR) is 81.0 cm³/mol. The van der Waals surface area contributed by atoms with E-state index in [1.54, 1.807) is 6.07 Å². The van der Waals surface area contributed by atoms with Gasteiger partial charge in [-0.2, -0.15) is 0 Å². The molecule has 1 fully saturated rings. The van der Waals surface area contributed by atoms with Gasteiger partial charge < -0.3 is 9.88 Å². The Hall–Kier alpha value is -2.20. The van der Waals surface area contributed by atoms with Crippen molar-refractivity contribution in [2.75, 3.05) is 6.54 Å². The highest BCUT2D eigenvalue weighted by atomic mass is 19.1. The molecular weight excluding hydrogens is 265 g/mol. The van der Waals surface area contributed by atoms with Crippen molar-refractivity contribution in [2.24, 2.45) is 0 Å². The summed E-state index contributed by atoms with van der Waals surface area (Å²) in [5.74, 6) is -0.206. The number of benzene rings is 1. The summed E-state index contributed by atoms with van der Waals surface area (Å²) in [6.07, 6.45) is 8.11. The lowest BCUT2D eigenvalue weighted by Gasteiger charge is -2.12. The van der Waals surface area contributed by atoms with Gasteiger partial charge in [0, 0.05) is 23.8 Å². The average molecular weight is 281 g/mol. The van der Waals surface area contributed by atoms with E-state index in [-0.39, 0.29) is 5.82 Å². The highest BCUT2D eigenvalue weighted by Crippen LogP contribution is 2.26. The summed E-state index contributed by atoms with van der Waals surface area (Å²) >= 11 is 0. The van der Waals surface area contributed by atoms with E-state index in [4.69, 9.17) is 0 Å². The molecule has 0 spiro atoms. The molecule has 1 N–H and O–H groups in total. The minimum atomic E-state index is -0.206. The van der Waals surface area contributed by atoms with Crippen molar-refractivity contribution in [1.29, 1.82) is 0 Å². The highest BCUT2D eigenvalue weighted by molar-refractivity contribution is 5.81. The highest BCUT2D eigenvalue weighted by Gasteiger charge is 2.17. The fourth-order valence-corrected chi connectivity index (χ4v) is 3.07. The quantitative estimate of drug-likeness (QED) is 0.778. The minimum Gasteiger partial charge on any atom is -0.315 e. The van der Waals surface area contributed by atoms with Gasteiger partial charge in [0.05, 0.1) is 17.4 Å². The summed E-state index contributed by atoms with van der Waals surface area (Å²) < 4.78 is 15.3. The number of rotatable bonds is 2. The van der Waals surface area contributed by atoms with Crippen molar-refractivity contribution < 1.29 is 4.39 Å². The van der Waals surface area contributed by atoms with Gasteiger partial charge in [0.15, 0.2) is 0 Å². The first-order valence-electron chi connectivity index (χ1n) is 7.26. The molecule has 0 unspecified atom stereocenters. The van der Waals surface area contributed by atoms with E-state index in [0.29, 0.717) is 6.04 Å². The van der Waals surface area contributed by atoms with Gasteiger partial charge in [0.2, 0.25) is 0 Å². The van der Waals surface area contributed by atoms with Crippen LogP contribution >= 0.6 is 0 Å². The topological polar surface area (TPSA) is 29.9 Å². The van der Waals surface area contributed by atoms with Gasteiger partial charge in [-0.15, -0.1) is 0 Å². The summed E-state index contributed by atoms with van der Waals surface area (Å²) in [5, 5.41) is 4.39. The number of hydrogen-bond donors (Lipinski definition) is 1. The molecule has 2 aromatic heterocycles. The van der Waals surface area contributed by atoms with Gasteiger partial charge in [0.25, 0.3) is 0 Å². The minimum absolute atomic E-state index is 0.206. The van der Waals surface area contributed by atoms with E-state index < -0.39 is 0 Å². The Balaban J connectivity index is 1.79. The van der Waals surface area contributed by atoms with Gasteiger partial charge in [-0.3, -0.25) is 4.98 Å². The molecule has 0 saturated carbocycles. The van der Waals surface area contributed by atoms with Crippen molar-refractivity contribution in [3.63, 3.8) is 0 Å². The van der Waals surface area contributed by atoms with E-state index in [1.807, 2.05) is 30.7 Å². The number of nitrogens with one attached hydrogen (secondary N) is 1. The van der Waals surface area contributed by atoms with Crippen LogP contribution in [0.4, 0.5) is 4.39 Å². The fraction of sp³-hybridized carbons (Fsp3) is 0.235. The van der Waals surface area contributed by atoms with Crippen LogP contribution < -0.4 is 5.32 Å². The average Bonchev–Trinajstić information content (AvgIpc) is 3.16. The lowest BCUT2D eigenvalue weighted by molar-refractivity contribution is 0.629. The zero-order valence-electron chi connectivity index (χ0n) is 11.6. The molecule has 1 atom stereocenters. The Morgan fingerprint density at radius 3 is 3.00 bits per heavy atom. The molecular formula is C17H16FN3. The predicted octanol–water partition coefficient (Wildman–Crippen LogP) is 3.59. The first-order valence-corrected chi connectivity index (χ1v) is 7.26. The van der Waals surface area contributed by atoms with Gasteiger partial charge >= 0.3 is 0 Å². The molecule has 0 bridgehead atoms. The van der Waals surface area contributed by atoms with E-state index in [9.17, 15) is 4.39 Å². The Bertz CT molecular complexity index is 788. The van der Waals surface area contributed by atoms with Crippen LogP contribution in [0.5, 0.6) is 0 Å². The molecule has 0 aliphatic carbocycles. The Morgan fingerprint density at radius 2 is 2.14 bits per heavy atom. The lowest BCUT2D eigenvalue weighted by atomic mass is 10.1. The molecule has 3 heterocycles. The number of hydrogen-bond acceptors (Lipinski definition) is 2. The second-order valence-electron chi connectivity index (χ2n) is 5.51. The second-order valence-corrected chi connectivity index (χ2v) is 5.51. The van der Waals surface area contributed by atoms with Gasteiger partial charge in [-0.1, -0.05) is 0 Å². The van der Waals surface area contributed by atoms with Crippen LogP contribution in [-0.2, 0) is 0 Å². The Labute approximate surface area is 122 Å². The molecule has 0 amide bonds. The maximum atomic E-state index is 13.3. The normalized spacial score (nSPS) is 18.4. The van der Waals surface area contributed by atoms with Crippen molar-refractivity contribution in [2.45, 2.75) is 18.9 Å². The third kappa shape index (κ3) is 2.21. The number of nitrogens with zero attached hydrogens (tertiary/aromatic N) is 2. The van der Waals surface area contributed by atoms with Gasteiger partial charge in [0.1, 0.15) is 5.82 Å². The molecule has 1 saturated heterocycles. The van der Waals surface area contributed by atoms with Crippen LogP contribution in [0.1, 0.15) is 24.4 Å². The SMILES string of the molecule is Fc1ccc2c(ccn2-c2cncc([C@@H]3CCCN3)c2)c1. The van der Waals surface area contributed by atoms with Crippen molar-refractivity contribution in [3.8, 4) is 5.69 Å². The maximum absolute atomic E-state index is 13.3. The maximum Gasteiger partial charge on any atom is 0.123 e. The van der Waals surface area contributed by atoms with Crippen LogP contribution in [0, 0.1) is 5.82 Å². The molecule has 3 nitrogen and oxygen atoms in total. The third-order valence-electron chi connectivity index (χ3n) is 4.14. The number of halogens is 1. The summed E-state index contributed by atoms with van der Waals surface area (Å²) in [5.41, 5.74) is 3.23. The summed E-state index contributed by atoms with van der Waals surface area (Å²) in [4.78, 5) is 4.37. The van der Waals surface area contributed by atoms with Crippen LogP contribution in [-0.4, -0.2) is 16.1 Å². The molecule has 0 radical (unpaired) electrons. The monoisotopic (exact) mass is 281 g/mol. The van der Waals surface area contributed by atoms with Crippen LogP contribution in [0.25, 0.3) is 16.6 Å². The first-order chi connectivity index (χ1) is 10.3. The van der Waals surface area contributed by atoms with Crippen molar-refractivity contribution >= 4 is 10.9 Å². The third-order valence-corrected chi connectivity index (χ3v) is 4.14. The number of fused-ring (bicyclic) bond motifs is 1. The first kappa shape index (κ1) is 12.5. The van der Waals surface area contributed by atoms with Gasteiger partial charge in [-0.25, -0.2) is 4.39 Å².